The monoisotopic (exact) mass is 325 g/mol. The lowest BCUT2D eigenvalue weighted by atomic mass is 10.2. The van der Waals surface area contributed by atoms with Gasteiger partial charge in [-0.1, -0.05) is 22.0 Å². The average Bonchev–Trinajstić information content (AvgIpc) is 2.59. The summed E-state index contributed by atoms with van der Waals surface area (Å²) in [6.07, 6.45) is 0. The number of rotatable bonds is 3. The third-order valence-corrected chi connectivity index (χ3v) is 3.17. The Kier molecular flexibility index (Phi) is 3.57. The Morgan fingerprint density at radius 2 is 2.11 bits per heavy atom. The number of hydrogen-bond donors (Lipinski definition) is 0. The maximum absolute atomic E-state index is 11.1. The highest BCUT2D eigenvalue weighted by molar-refractivity contribution is 9.10. The van der Waals surface area contributed by atoms with Gasteiger partial charge in [-0.15, -0.1) is 0 Å². The normalized spacial score (nSPS) is 10.5. The number of aryl methyl sites for hydroxylation is 3. The van der Waals surface area contributed by atoms with Gasteiger partial charge in [-0.25, -0.2) is 4.68 Å². The van der Waals surface area contributed by atoms with Crippen molar-refractivity contribution in [2.24, 2.45) is 7.05 Å². The number of benzene rings is 1. The Hall–Kier alpha value is -1.89. The van der Waals surface area contributed by atoms with Crippen LogP contribution in [0.3, 0.4) is 0 Å². The molecule has 2 rings (SSSR count). The first-order valence-electron chi connectivity index (χ1n) is 5.52. The molecular weight excluding hydrogens is 314 g/mol. The maximum atomic E-state index is 11.1. The molecule has 0 bridgehead atoms. The van der Waals surface area contributed by atoms with Crippen molar-refractivity contribution < 1.29 is 9.66 Å². The summed E-state index contributed by atoms with van der Waals surface area (Å²) in [6, 6.07) is 5.51. The largest absolute Gasteiger partial charge is 0.434 e. The van der Waals surface area contributed by atoms with E-state index in [2.05, 4.69) is 21.0 Å². The Bertz CT molecular complexity index is 652. The lowest BCUT2D eigenvalue weighted by Gasteiger charge is -2.08. The van der Waals surface area contributed by atoms with Gasteiger partial charge < -0.3 is 4.74 Å². The molecular formula is C12H12BrN3O3. The summed E-state index contributed by atoms with van der Waals surface area (Å²) in [5.74, 6) is 0.684. The van der Waals surface area contributed by atoms with Crippen molar-refractivity contribution in [1.82, 2.24) is 9.78 Å². The summed E-state index contributed by atoms with van der Waals surface area (Å²) in [5, 5.41) is 15.1. The van der Waals surface area contributed by atoms with Crippen molar-refractivity contribution in [2.45, 2.75) is 13.8 Å². The van der Waals surface area contributed by atoms with Gasteiger partial charge in [0.25, 0.3) is 5.88 Å². The minimum absolute atomic E-state index is 0.109. The van der Waals surface area contributed by atoms with Gasteiger partial charge in [0, 0.05) is 11.5 Å². The van der Waals surface area contributed by atoms with E-state index in [1.807, 2.05) is 19.1 Å². The molecule has 0 N–H and O–H groups in total. The SMILES string of the molecule is Cc1ccc(Br)cc1Oc1c([N+](=O)[O-])c(C)nn1C. The Balaban J connectivity index is 2.49. The van der Waals surface area contributed by atoms with Crippen molar-refractivity contribution in [3.05, 3.63) is 44.0 Å². The van der Waals surface area contributed by atoms with E-state index in [1.165, 1.54) is 4.68 Å². The van der Waals surface area contributed by atoms with Crippen LogP contribution in [0.5, 0.6) is 11.6 Å². The van der Waals surface area contributed by atoms with E-state index in [0.717, 1.165) is 10.0 Å². The molecule has 0 spiro atoms. The second-order valence-electron chi connectivity index (χ2n) is 4.13. The minimum Gasteiger partial charge on any atom is -0.434 e. The summed E-state index contributed by atoms with van der Waals surface area (Å²) in [5.41, 5.74) is 1.10. The van der Waals surface area contributed by atoms with Gasteiger partial charge in [-0.05, 0) is 31.5 Å². The first-order valence-corrected chi connectivity index (χ1v) is 6.31. The molecule has 19 heavy (non-hydrogen) atoms. The van der Waals surface area contributed by atoms with Crippen LogP contribution < -0.4 is 4.74 Å². The van der Waals surface area contributed by atoms with Gasteiger partial charge in [-0.3, -0.25) is 10.1 Å². The molecule has 1 aromatic carbocycles. The van der Waals surface area contributed by atoms with Crippen LogP contribution in [0, 0.1) is 24.0 Å². The molecule has 0 saturated heterocycles. The quantitative estimate of drug-likeness (QED) is 0.639. The van der Waals surface area contributed by atoms with Crippen molar-refractivity contribution in [3.63, 3.8) is 0 Å². The fourth-order valence-corrected chi connectivity index (χ4v) is 2.08. The molecule has 0 aliphatic heterocycles. The van der Waals surface area contributed by atoms with Crippen LogP contribution in [-0.4, -0.2) is 14.7 Å². The average molecular weight is 326 g/mol. The van der Waals surface area contributed by atoms with Gasteiger partial charge in [0.15, 0.2) is 0 Å². The van der Waals surface area contributed by atoms with E-state index in [0.29, 0.717) is 11.4 Å². The Labute approximate surface area is 118 Å². The van der Waals surface area contributed by atoms with Crippen LogP contribution >= 0.6 is 15.9 Å². The number of ether oxygens (including phenoxy) is 1. The third kappa shape index (κ3) is 2.60. The second-order valence-corrected chi connectivity index (χ2v) is 5.05. The van der Waals surface area contributed by atoms with Crippen molar-refractivity contribution in [2.75, 3.05) is 0 Å². The van der Waals surface area contributed by atoms with E-state index < -0.39 is 4.92 Å². The van der Waals surface area contributed by atoms with E-state index >= 15 is 0 Å². The molecule has 0 amide bonds. The highest BCUT2D eigenvalue weighted by Crippen LogP contribution is 2.35. The van der Waals surface area contributed by atoms with Crippen LogP contribution in [0.25, 0.3) is 0 Å². The molecule has 100 valence electrons. The lowest BCUT2D eigenvalue weighted by Crippen LogP contribution is -1.98. The minimum atomic E-state index is -0.481. The van der Waals surface area contributed by atoms with Gasteiger partial charge in [0.1, 0.15) is 11.4 Å². The molecule has 2 aromatic rings. The topological polar surface area (TPSA) is 70.2 Å². The zero-order valence-corrected chi connectivity index (χ0v) is 12.3. The summed E-state index contributed by atoms with van der Waals surface area (Å²) < 4.78 is 7.87. The molecule has 0 unspecified atom stereocenters. The zero-order valence-electron chi connectivity index (χ0n) is 10.7. The number of halogens is 1. The lowest BCUT2D eigenvalue weighted by molar-refractivity contribution is -0.386. The van der Waals surface area contributed by atoms with E-state index in [1.54, 1.807) is 20.0 Å². The first-order chi connectivity index (χ1) is 8.90. The van der Waals surface area contributed by atoms with E-state index in [-0.39, 0.29) is 11.6 Å². The van der Waals surface area contributed by atoms with Crippen molar-refractivity contribution >= 4 is 21.6 Å². The first kappa shape index (κ1) is 13.5. The molecule has 1 aromatic heterocycles. The second kappa shape index (κ2) is 5.00. The fraction of sp³-hybridized carbons (Fsp3) is 0.250. The number of nitro groups is 1. The Morgan fingerprint density at radius 3 is 2.74 bits per heavy atom. The third-order valence-electron chi connectivity index (χ3n) is 2.68. The van der Waals surface area contributed by atoms with Crippen LogP contribution in [0.15, 0.2) is 22.7 Å². The fourth-order valence-electron chi connectivity index (χ4n) is 1.74. The predicted octanol–water partition coefficient (Wildman–Crippen LogP) is 3.50. The maximum Gasteiger partial charge on any atom is 0.353 e. The molecule has 0 saturated carbocycles. The summed E-state index contributed by atoms with van der Waals surface area (Å²) in [4.78, 5) is 10.6. The molecule has 1 heterocycles. The van der Waals surface area contributed by atoms with Crippen molar-refractivity contribution in [3.8, 4) is 11.6 Å². The molecule has 0 radical (unpaired) electrons. The van der Waals surface area contributed by atoms with E-state index in [9.17, 15) is 10.1 Å². The van der Waals surface area contributed by atoms with Crippen LogP contribution in [0.1, 0.15) is 11.3 Å². The van der Waals surface area contributed by atoms with Crippen LogP contribution in [-0.2, 0) is 7.05 Å². The number of aromatic nitrogens is 2. The zero-order chi connectivity index (χ0) is 14.2. The Morgan fingerprint density at radius 1 is 1.42 bits per heavy atom. The van der Waals surface area contributed by atoms with Crippen LogP contribution in [0.4, 0.5) is 5.69 Å². The molecule has 0 atom stereocenters. The van der Waals surface area contributed by atoms with Gasteiger partial charge >= 0.3 is 5.69 Å². The molecule has 7 heteroatoms. The van der Waals surface area contributed by atoms with Crippen molar-refractivity contribution in [1.29, 1.82) is 0 Å². The molecule has 0 fully saturated rings. The van der Waals surface area contributed by atoms with Gasteiger partial charge in [0.2, 0.25) is 0 Å². The van der Waals surface area contributed by atoms with E-state index in [4.69, 9.17) is 4.74 Å². The van der Waals surface area contributed by atoms with Crippen LogP contribution in [0.2, 0.25) is 0 Å². The predicted molar refractivity (Wildman–Crippen MR) is 73.6 cm³/mol. The summed E-state index contributed by atoms with van der Waals surface area (Å²) in [7, 11) is 1.61. The highest BCUT2D eigenvalue weighted by atomic mass is 79.9. The van der Waals surface area contributed by atoms with Gasteiger partial charge in [0.05, 0.1) is 4.92 Å². The van der Waals surface area contributed by atoms with Gasteiger partial charge in [-0.2, -0.15) is 5.10 Å². The smallest absolute Gasteiger partial charge is 0.353 e. The summed E-state index contributed by atoms with van der Waals surface area (Å²) in [6.45, 7) is 3.45. The molecule has 0 aliphatic rings. The molecule has 0 aliphatic carbocycles. The molecule has 6 nitrogen and oxygen atoms in total. The highest BCUT2D eigenvalue weighted by Gasteiger charge is 2.26. The number of nitrogens with zero attached hydrogens (tertiary/aromatic N) is 3. The summed E-state index contributed by atoms with van der Waals surface area (Å²) >= 11 is 3.34. The number of hydrogen-bond acceptors (Lipinski definition) is 4. The standard InChI is InChI=1S/C12H12BrN3O3/c1-7-4-5-9(13)6-10(7)19-12-11(16(17)18)8(2)14-15(12)3/h4-6H,1-3H3.